The Labute approximate surface area is 112 Å². The van der Waals surface area contributed by atoms with Gasteiger partial charge in [-0.15, -0.1) is 12.4 Å². The van der Waals surface area contributed by atoms with Gasteiger partial charge in [-0.1, -0.05) is 0 Å². The van der Waals surface area contributed by atoms with E-state index in [4.69, 9.17) is 5.73 Å². The Morgan fingerprint density at radius 1 is 1.50 bits per heavy atom. The summed E-state index contributed by atoms with van der Waals surface area (Å²) < 4.78 is 0. The number of carbonyl (C=O) groups is 1. The molecule has 1 heterocycles. The van der Waals surface area contributed by atoms with Crippen LogP contribution in [0.5, 0.6) is 0 Å². The van der Waals surface area contributed by atoms with Gasteiger partial charge in [-0.2, -0.15) is 5.10 Å². The van der Waals surface area contributed by atoms with Crippen LogP contribution in [0.3, 0.4) is 0 Å². The largest absolute Gasteiger partial charge is 0.349 e. The number of aromatic amines is 1. The number of hydrogen-bond acceptors (Lipinski definition) is 3. The molecule has 5 nitrogen and oxygen atoms in total. The van der Waals surface area contributed by atoms with Crippen molar-refractivity contribution in [1.82, 2.24) is 15.5 Å². The molecule has 1 aromatic rings. The Kier molecular flexibility index (Phi) is 3.92. The lowest BCUT2D eigenvalue weighted by atomic mass is 10.2. The number of aromatic nitrogens is 2. The normalized spacial score (nSPS) is 20.1. The van der Waals surface area contributed by atoms with Crippen LogP contribution in [0.4, 0.5) is 0 Å². The van der Waals surface area contributed by atoms with Gasteiger partial charge in [-0.25, -0.2) is 0 Å². The lowest BCUT2D eigenvalue weighted by Gasteiger charge is -2.10. The van der Waals surface area contributed by atoms with E-state index in [0.717, 1.165) is 5.69 Å². The Hall–Kier alpha value is -1.07. The molecule has 0 bridgehead atoms. The SMILES string of the molecule is Cl.NC(CNC(=O)c1cc(C2CC2)[nH]n1)C1CC1. The number of amides is 1. The predicted molar refractivity (Wildman–Crippen MR) is 70.8 cm³/mol. The summed E-state index contributed by atoms with van der Waals surface area (Å²) in [6.45, 7) is 0.551. The lowest BCUT2D eigenvalue weighted by Crippen LogP contribution is -2.38. The summed E-state index contributed by atoms with van der Waals surface area (Å²) in [4.78, 5) is 11.8. The standard InChI is InChI=1S/C12H18N4O.ClH/c13-9(7-1-2-7)6-14-12(17)11-5-10(15-16-11)8-3-4-8;/h5,7-9H,1-4,6,13H2,(H,14,17)(H,15,16);1H. The zero-order valence-corrected chi connectivity index (χ0v) is 11.0. The smallest absolute Gasteiger partial charge is 0.271 e. The highest BCUT2D eigenvalue weighted by atomic mass is 35.5. The molecular formula is C12H19ClN4O. The van der Waals surface area contributed by atoms with Gasteiger partial charge in [0.25, 0.3) is 5.91 Å². The van der Waals surface area contributed by atoms with Gasteiger partial charge in [-0.3, -0.25) is 9.89 Å². The first-order chi connectivity index (χ1) is 8.24. The second-order valence-electron chi connectivity index (χ2n) is 5.19. The summed E-state index contributed by atoms with van der Waals surface area (Å²) in [6, 6.07) is 1.95. The molecule has 2 aliphatic rings. The van der Waals surface area contributed by atoms with Crippen LogP contribution in [0.2, 0.25) is 0 Å². The van der Waals surface area contributed by atoms with Gasteiger partial charge >= 0.3 is 0 Å². The molecule has 100 valence electrons. The first-order valence-corrected chi connectivity index (χ1v) is 6.33. The predicted octanol–water partition coefficient (Wildman–Crippen LogP) is 1.18. The van der Waals surface area contributed by atoms with Crippen molar-refractivity contribution in [2.45, 2.75) is 37.6 Å². The minimum absolute atomic E-state index is 0. The molecule has 3 rings (SSSR count). The van der Waals surface area contributed by atoms with Gasteiger partial charge in [0, 0.05) is 24.2 Å². The molecule has 2 fully saturated rings. The van der Waals surface area contributed by atoms with Crippen LogP contribution in [0, 0.1) is 5.92 Å². The van der Waals surface area contributed by atoms with Crippen molar-refractivity contribution in [3.05, 3.63) is 17.5 Å². The zero-order chi connectivity index (χ0) is 11.8. The summed E-state index contributed by atoms with van der Waals surface area (Å²) in [6.07, 6.45) is 4.81. The van der Waals surface area contributed by atoms with E-state index in [2.05, 4.69) is 15.5 Å². The third-order valence-corrected chi connectivity index (χ3v) is 3.57. The third-order valence-electron chi connectivity index (χ3n) is 3.57. The topological polar surface area (TPSA) is 83.8 Å². The summed E-state index contributed by atoms with van der Waals surface area (Å²) in [5, 5.41) is 9.81. The van der Waals surface area contributed by atoms with E-state index in [1.807, 2.05) is 6.07 Å². The van der Waals surface area contributed by atoms with E-state index in [1.165, 1.54) is 25.7 Å². The van der Waals surface area contributed by atoms with Crippen molar-refractivity contribution in [2.24, 2.45) is 11.7 Å². The van der Waals surface area contributed by atoms with Gasteiger partial charge in [0.15, 0.2) is 0 Å². The zero-order valence-electron chi connectivity index (χ0n) is 10.2. The second kappa shape index (κ2) is 5.28. The van der Waals surface area contributed by atoms with E-state index in [9.17, 15) is 4.79 Å². The number of nitrogens with two attached hydrogens (primary N) is 1. The molecule has 2 saturated carbocycles. The molecule has 1 unspecified atom stereocenters. The number of hydrogen-bond donors (Lipinski definition) is 3. The van der Waals surface area contributed by atoms with E-state index >= 15 is 0 Å². The molecule has 0 radical (unpaired) electrons. The average Bonchev–Trinajstić information content (AvgIpc) is 3.23. The second-order valence-corrected chi connectivity index (χ2v) is 5.19. The van der Waals surface area contributed by atoms with Crippen molar-refractivity contribution >= 4 is 18.3 Å². The average molecular weight is 271 g/mol. The molecule has 0 aromatic carbocycles. The Bertz CT molecular complexity index is 425. The van der Waals surface area contributed by atoms with E-state index in [1.54, 1.807) is 0 Å². The number of nitrogens with zero attached hydrogens (tertiary/aromatic N) is 1. The Morgan fingerprint density at radius 3 is 2.83 bits per heavy atom. The van der Waals surface area contributed by atoms with Gasteiger partial charge < -0.3 is 11.1 Å². The van der Waals surface area contributed by atoms with Crippen molar-refractivity contribution in [3.8, 4) is 0 Å². The molecule has 4 N–H and O–H groups in total. The van der Waals surface area contributed by atoms with Crippen LogP contribution < -0.4 is 11.1 Å². The number of halogens is 1. The monoisotopic (exact) mass is 270 g/mol. The number of rotatable bonds is 5. The molecule has 0 aliphatic heterocycles. The quantitative estimate of drug-likeness (QED) is 0.751. The minimum Gasteiger partial charge on any atom is -0.349 e. The molecule has 18 heavy (non-hydrogen) atoms. The third kappa shape index (κ3) is 3.03. The summed E-state index contributed by atoms with van der Waals surface area (Å²) in [7, 11) is 0. The molecule has 6 heteroatoms. The summed E-state index contributed by atoms with van der Waals surface area (Å²) >= 11 is 0. The van der Waals surface area contributed by atoms with E-state index in [-0.39, 0.29) is 24.4 Å². The number of nitrogens with one attached hydrogen (secondary N) is 2. The van der Waals surface area contributed by atoms with E-state index in [0.29, 0.717) is 24.1 Å². The van der Waals surface area contributed by atoms with Gasteiger partial charge in [0.2, 0.25) is 0 Å². The highest BCUT2D eigenvalue weighted by molar-refractivity contribution is 5.92. The molecule has 1 amide bonds. The molecular weight excluding hydrogens is 252 g/mol. The van der Waals surface area contributed by atoms with Crippen molar-refractivity contribution < 1.29 is 4.79 Å². The molecule has 0 spiro atoms. The Balaban J connectivity index is 0.00000120. The van der Waals surface area contributed by atoms with Crippen LogP contribution in [-0.4, -0.2) is 28.7 Å². The Morgan fingerprint density at radius 2 is 2.22 bits per heavy atom. The van der Waals surface area contributed by atoms with Crippen molar-refractivity contribution in [2.75, 3.05) is 6.54 Å². The molecule has 0 saturated heterocycles. The highest BCUT2D eigenvalue weighted by Gasteiger charge is 2.29. The van der Waals surface area contributed by atoms with Crippen LogP contribution in [0.25, 0.3) is 0 Å². The fourth-order valence-corrected chi connectivity index (χ4v) is 2.05. The van der Waals surface area contributed by atoms with E-state index < -0.39 is 0 Å². The van der Waals surface area contributed by atoms with Crippen LogP contribution in [0.15, 0.2) is 6.07 Å². The van der Waals surface area contributed by atoms with Crippen LogP contribution in [0.1, 0.15) is 47.8 Å². The molecule has 1 atom stereocenters. The maximum atomic E-state index is 11.8. The number of H-pyrrole nitrogens is 1. The van der Waals surface area contributed by atoms with Crippen molar-refractivity contribution in [1.29, 1.82) is 0 Å². The lowest BCUT2D eigenvalue weighted by molar-refractivity contribution is 0.0945. The number of carbonyl (C=O) groups excluding carboxylic acids is 1. The summed E-state index contributed by atoms with van der Waals surface area (Å²) in [5.74, 6) is 1.08. The van der Waals surface area contributed by atoms with Gasteiger partial charge in [0.1, 0.15) is 5.69 Å². The summed E-state index contributed by atoms with van der Waals surface area (Å²) in [5.41, 5.74) is 7.49. The first kappa shape index (κ1) is 13.4. The molecule has 1 aromatic heterocycles. The highest BCUT2D eigenvalue weighted by Crippen LogP contribution is 2.39. The van der Waals surface area contributed by atoms with Gasteiger partial charge in [-0.05, 0) is 37.7 Å². The van der Waals surface area contributed by atoms with Crippen LogP contribution >= 0.6 is 12.4 Å². The first-order valence-electron chi connectivity index (χ1n) is 6.33. The fraction of sp³-hybridized carbons (Fsp3) is 0.667. The van der Waals surface area contributed by atoms with Gasteiger partial charge in [0.05, 0.1) is 0 Å². The maximum absolute atomic E-state index is 11.8. The molecule has 2 aliphatic carbocycles. The van der Waals surface area contributed by atoms with Crippen LogP contribution in [-0.2, 0) is 0 Å². The van der Waals surface area contributed by atoms with Crippen molar-refractivity contribution in [3.63, 3.8) is 0 Å². The maximum Gasteiger partial charge on any atom is 0.271 e. The minimum atomic E-state index is -0.121. The fourth-order valence-electron chi connectivity index (χ4n) is 2.05.